The molecule has 1 fully saturated rings. The molecule has 0 spiro atoms. The molecule has 1 unspecified atom stereocenters. The summed E-state index contributed by atoms with van der Waals surface area (Å²) in [6, 6.07) is 16.2. The molecule has 3 heterocycles. The molecule has 1 saturated heterocycles. The minimum atomic E-state index is -0.281. The van der Waals surface area contributed by atoms with Crippen molar-refractivity contribution < 1.29 is 13.9 Å². The second kappa shape index (κ2) is 9.99. The molecule has 0 radical (unpaired) electrons. The Bertz CT molecular complexity index is 1240. The van der Waals surface area contributed by atoms with Gasteiger partial charge in [-0.05, 0) is 84.8 Å². The molecule has 0 saturated carbocycles. The zero-order chi connectivity index (χ0) is 23.5. The minimum absolute atomic E-state index is 0.0157. The normalized spacial score (nSPS) is 15.9. The Hall–Kier alpha value is -3.16. The zero-order valence-corrected chi connectivity index (χ0v) is 19.9. The molecule has 5 rings (SSSR count). The monoisotopic (exact) mass is 477 g/mol. The van der Waals surface area contributed by atoms with Crippen molar-refractivity contribution in [2.45, 2.75) is 24.8 Å². The lowest BCUT2D eigenvalue weighted by Crippen LogP contribution is -2.42. The molecule has 2 aromatic carbocycles. The molecule has 0 aliphatic carbocycles. The summed E-state index contributed by atoms with van der Waals surface area (Å²) in [6.07, 6.45) is 4.12. The van der Waals surface area contributed by atoms with Crippen molar-refractivity contribution in [1.82, 2.24) is 15.2 Å². The average molecular weight is 478 g/mol. The molecule has 176 valence electrons. The van der Waals surface area contributed by atoms with Gasteiger partial charge in [0.15, 0.2) is 0 Å². The van der Waals surface area contributed by atoms with Gasteiger partial charge in [0, 0.05) is 22.0 Å². The predicted octanol–water partition coefficient (Wildman–Crippen LogP) is 5.46. The Labute approximate surface area is 202 Å². The van der Waals surface area contributed by atoms with Crippen molar-refractivity contribution in [3.63, 3.8) is 0 Å². The highest BCUT2D eigenvalue weighted by molar-refractivity contribution is 7.10. The van der Waals surface area contributed by atoms with Crippen molar-refractivity contribution in [3.05, 3.63) is 88.0 Å². The smallest absolute Gasteiger partial charge is 0.234 e. The van der Waals surface area contributed by atoms with Crippen molar-refractivity contribution >= 4 is 28.1 Å². The number of rotatable bonds is 7. The van der Waals surface area contributed by atoms with Crippen LogP contribution < -0.4 is 10.1 Å². The molecule has 1 aliphatic rings. The van der Waals surface area contributed by atoms with Crippen LogP contribution in [0.3, 0.4) is 0 Å². The number of likely N-dealkylation sites (tertiary alicyclic amines) is 1. The van der Waals surface area contributed by atoms with Crippen LogP contribution in [0.25, 0.3) is 10.9 Å². The quantitative estimate of drug-likeness (QED) is 0.372. The number of carbonyl (C=O) groups excluding carboxylic acids is 1. The average Bonchev–Trinajstić information content (AvgIpc) is 3.54. The van der Waals surface area contributed by atoms with Crippen LogP contribution in [-0.2, 0) is 4.79 Å². The lowest BCUT2D eigenvalue weighted by Gasteiger charge is -2.32. The van der Waals surface area contributed by atoms with E-state index in [1.807, 2.05) is 23.6 Å². The molecular formula is C27H28FN3O2S. The standard InChI is InChI=1S/C27H28FN3O2S/c1-33-21-8-9-24-22(15-21)23(16-29-24)18-10-12-31(13-11-18)17-26(32)30-27(25-3-2-14-34-25)19-4-6-20(28)7-5-19/h2-9,14-16,18,27,29H,10-13,17H2,1H3,(H,30,32). The summed E-state index contributed by atoms with van der Waals surface area (Å²) in [6.45, 7) is 2.10. The first-order chi connectivity index (χ1) is 16.6. The van der Waals surface area contributed by atoms with Gasteiger partial charge in [-0.3, -0.25) is 9.69 Å². The highest BCUT2D eigenvalue weighted by atomic mass is 32.1. The second-order valence-corrected chi connectivity index (χ2v) is 9.75. The van der Waals surface area contributed by atoms with E-state index in [1.165, 1.54) is 23.1 Å². The summed E-state index contributed by atoms with van der Waals surface area (Å²) in [5, 5.41) is 6.37. The second-order valence-electron chi connectivity index (χ2n) is 8.77. The van der Waals surface area contributed by atoms with Crippen LogP contribution in [0.4, 0.5) is 4.39 Å². The van der Waals surface area contributed by atoms with Crippen molar-refractivity contribution in [1.29, 1.82) is 0 Å². The fourth-order valence-corrected chi connectivity index (χ4v) is 5.63. The molecule has 5 nitrogen and oxygen atoms in total. The largest absolute Gasteiger partial charge is 0.497 e. The third-order valence-electron chi connectivity index (χ3n) is 6.65. The predicted molar refractivity (Wildman–Crippen MR) is 134 cm³/mol. The molecule has 34 heavy (non-hydrogen) atoms. The highest BCUT2D eigenvalue weighted by Crippen LogP contribution is 2.34. The maximum atomic E-state index is 13.4. The summed E-state index contributed by atoms with van der Waals surface area (Å²) in [5.74, 6) is 1.02. The summed E-state index contributed by atoms with van der Waals surface area (Å²) in [7, 11) is 1.69. The van der Waals surface area contributed by atoms with Crippen molar-refractivity contribution in [3.8, 4) is 5.75 Å². The first-order valence-electron chi connectivity index (χ1n) is 11.6. The Morgan fingerprint density at radius 2 is 2.00 bits per heavy atom. The first-order valence-corrected chi connectivity index (χ1v) is 12.4. The number of carbonyl (C=O) groups is 1. The number of H-pyrrole nitrogens is 1. The number of nitrogens with zero attached hydrogens (tertiary/aromatic N) is 1. The third kappa shape index (κ3) is 4.86. The van der Waals surface area contributed by atoms with E-state index in [0.717, 1.165) is 47.6 Å². The van der Waals surface area contributed by atoms with E-state index in [9.17, 15) is 9.18 Å². The van der Waals surface area contributed by atoms with Gasteiger partial charge in [-0.1, -0.05) is 18.2 Å². The molecule has 7 heteroatoms. The number of aromatic amines is 1. The van der Waals surface area contributed by atoms with Gasteiger partial charge in [-0.15, -0.1) is 11.3 Å². The molecule has 1 amide bonds. The van der Waals surface area contributed by atoms with Crippen LogP contribution in [0.2, 0.25) is 0 Å². The van der Waals surface area contributed by atoms with Gasteiger partial charge in [-0.25, -0.2) is 4.39 Å². The van der Waals surface area contributed by atoms with Crippen LogP contribution in [-0.4, -0.2) is 42.5 Å². The molecular weight excluding hydrogens is 449 g/mol. The number of halogens is 1. The number of aromatic nitrogens is 1. The van der Waals surface area contributed by atoms with E-state index in [0.29, 0.717) is 12.5 Å². The van der Waals surface area contributed by atoms with Crippen molar-refractivity contribution in [2.24, 2.45) is 0 Å². The fourth-order valence-electron chi connectivity index (χ4n) is 4.83. The van der Waals surface area contributed by atoms with E-state index >= 15 is 0 Å². The van der Waals surface area contributed by atoms with Crippen LogP contribution >= 0.6 is 11.3 Å². The SMILES string of the molecule is COc1ccc2[nH]cc(C3CCN(CC(=O)NC(c4ccc(F)cc4)c4cccs4)CC3)c2c1. The third-order valence-corrected chi connectivity index (χ3v) is 7.59. The van der Waals surface area contributed by atoms with E-state index in [1.54, 1.807) is 30.6 Å². The Morgan fingerprint density at radius 1 is 1.21 bits per heavy atom. The van der Waals surface area contributed by atoms with E-state index < -0.39 is 0 Å². The summed E-state index contributed by atoms with van der Waals surface area (Å²) >= 11 is 1.59. The number of piperidine rings is 1. The van der Waals surface area contributed by atoms with Gasteiger partial charge in [0.05, 0.1) is 19.7 Å². The van der Waals surface area contributed by atoms with Gasteiger partial charge >= 0.3 is 0 Å². The molecule has 4 aromatic rings. The topological polar surface area (TPSA) is 57.4 Å². The number of methoxy groups -OCH3 is 1. The van der Waals surface area contributed by atoms with Crippen LogP contribution in [0, 0.1) is 5.82 Å². The number of hydrogen-bond donors (Lipinski definition) is 2. The maximum absolute atomic E-state index is 13.4. The van der Waals surface area contributed by atoms with Gasteiger partial charge < -0.3 is 15.0 Å². The molecule has 2 aromatic heterocycles. The lowest BCUT2D eigenvalue weighted by molar-refractivity contribution is -0.123. The minimum Gasteiger partial charge on any atom is -0.497 e. The Morgan fingerprint density at radius 3 is 2.71 bits per heavy atom. The number of fused-ring (bicyclic) bond motifs is 1. The first kappa shape index (κ1) is 22.6. The Balaban J connectivity index is 1.21. The van der Waals surface area contributed by atoms with Crippen LogP contribution in [0.5, 0.6) is 5.75 Å². The van der Waals surface area contributed by atoms with Crippen LogP contribution in [0.1, 0.15) is 40.8 Å². The van der Waals surface area contributed by atoms with E-state index in [-0.39, 0.29) is 17.8 Å². The lowest BCUT2D eigenvalue weighted by atomic mass is 9.89. The Kier molecular flexibility index (Phi) is 6.65. The molecule has 1 aliphatic heterocycles. The van der Waals surface area contributed by atoms with E-state index in [2.05, 4.69) is 33.5 Å². The number of nitrogens with one attached hydrogen (secondary N) is 2. The zero-order valence-electron chi connectivity index (χ0n) is 19.1. The van der Waals surface area contributed by atoms with Crippen molar-refractivity contribution in [2.75, 3.05) is 26.7 Å². The molecule has 1 atom stereocenters. The number of benzene rings is 2. The number of amides is 1. The summed E-state index contributed by atoms with van der Waals surface area (Å²) < 4.78 is 18.8. The number of ether oxygens (including phenoxy) is 1. The van der Waals surface area contributed by atoms with Gasteiger partial charge in [-0.2, -0.15) is 0 Å². The molecule has 2 N–H and O–H groups in total. The van der Waals surface area contributed by atoms with Gasteiger partial charge in [0.2, 0.25) is 5.91 Å². The highest BCUT2D eigenvalue weighted by Gasteiger charge is 2.25. The summed E-state index contributed by atoms with van der Waals surface area (Å²) in [5.41, 5.74) is 3.33. The number of hydrogen-bond acceptors (Lipinski definition) is 4. The summed E-state index contributed by atoms with van der Waals surface area (Å²) in [4.78, 5) is 19.6. The van der Waals surface area contributed by atoms with Crippen LogP contribution in [0.15, 0.2) is 66.2 Å². The fraction of sp³-hybridized carbons (Fsp3) is 0.296. The molecule has 0 bridgehead atoms. The number of thiophene rings is 1. The maximum Gasteiger partial charge on any atom is 0.234 e. The van der Waals surface area contributed by atoms with Gasteiger partial charge in [0.1, 0.15) is 11.6 Å². The van der Waals surface area contributed by atoms with Gasteiger partial charge in [0.25, 0.3) is 0 Å². The van der Waals surface area contributed by atoms with E-state index in [4.69, 9.17) is 4.74 Å².